The van der Waals surface area contributed by atoms with Gasteiger partial charge in [-0.25, -0.2) is 0 Å². The molecule has 0 fully saturated rings. The maximum absolute atomic E-state index is 6.09. The first-order valence-corrected chi connectivity index (χ1v) is 7.08. The van der Waals surface area contributed by atoms with Gasteiger partial charge in [-0.2, -0.15) is 0 Å². The fraction of sp³-hybridized carbons (Fsp3) is 0.385. The molecule has 17 heavy (non-hydrogen) atoms. The third kappa shape index (κ3) is 5.59. The van der Waals surface area contributed by atoms with Crippen LogP contribution < -0.4 is 11.3 Å². The molecule has 0 aliphatic heterocycles. The summed E-state index contributed by atoms with van der Waals surface area (Å²) < 4.78 is 0. The predicted molar refractivity (Wildman–Crippen MR) is 77.3 cm³/mol. The molecule has 1 atom stereocenters. The highest BCUT2D eigenvalue weighted by Crippen LogP contribution is 2.27. The molecule has 0 radical (unpaired) electrons. The van der Waals surface area contributed by atoms with Crippen molar-refractivity contribution in [3.8, 4) is 0 Å². The third-order valence-electron chi connectivity index (χ3n) is 2.47. The normalized spacial score (nSPS) is 12.4. The molecular weight excluding hydrogens is 252 g/mol. The van der Waals surface area contributed by atoms with Gasteiger partial charge in [0.25, 0.3) is 0 Å². The van der Waals surface area contributed by atoms with Gasteiger partial charge in [0.05, 0.1) is 5.02 Å². The molecule has 0 aliphatic rings. The van der Waals surface area contributed by atoms with E-state index in [0.29, 0.717) is 6.04 Å². The second kappa shape index (κ2) is 8.59. The van der Waals surface area contributed by atoms with Crippen molar-refractivity contribution in [2.45, 2.75) is 30.2 Å². The van der Waals surface area contributed by atoms with Gasteiger partial charge in [-0.05, 0) is 31.4 Å². The predicted octanol–water partition coefficient (Wildman–Crippen LogP) is 3.62. The van der Waals surface area contributed by atoms with E-state index < -0.39 is 0 Å². The molecule has 94 valence electrons. The van der Waals surface area contributed by atoms with E-state index in [1.807, 2.05) is 30.3 Å². The molecule has 3 N–H and O–H groups in total. The fourth-order valence-electron chi connectivity index (χ4n) is 1.48. The van der Waals surface area contributed by atoms with Crippen molar-refractivity contribution in [2.24, 2.45) is 5.84 Å². The Balaban J connectivity index is 2.37. The van der Waals surface area contributed by atoms with E-state index in [1.165, 1.54) is 0 Å². The van der Waals surface area contributed by atoms with Gasteiger partial charge in [0.2, 0.25) is 0 Å². The van der Waals surface area contributed by atoms with Gasteiger partial charge in [-0.3, -0.25) is 11.3 Å². The average Bonchev–Trinajstić information content (AvgIpc) is 2.35. The van der Waals surface area contributed by atoms with Crippen LogP contribution in [0.4, 0.5) is 0 Å². The van der Waals surface area contributed by atoms with Gasteiger partial charge in [0.15, 0.2) is 0 Å². The number of rotatable bonds is 8. The van der Waals surface area contributed by atoms with Crippen molar-refractivity contribution in [2.75, 3.05) is 5.75 Å². The van der Waals surface area contributed by atoms with Crippen molar-refractivity contribution in [3.05, 3.63) is 41.9 Å². The molecular formula is C13H19ClN2S. The van der Waals surface area contributed by atoms with Crippen molar-refractivity contribution < 1.29 is 0 Å². The lowest BCUT2D eigenvalue weighted by Crippen LogP contribution is -2.36. The maximum Gasteiger partial charge on any atom is 0.0541 e. The van der Waals surface area contributed by atoms with Crippen LogP contribution in [0.5, 0.6) is 0 Å². The number of unbranched alkanes of at least 4 members (excludes halogenated alkanes) is 1. The first-order chi connectivity index (χ1) is 8.27. The molecule has 0 saturated carbocycles. The van der Waals surface area contributed by atoms with Crippen LogP contribution in [0.15, 0.2) is 41.8 Å². The molecule has 0 saturated heterocycles. The standard InChI is InChI=1S/C13H19ClN2S/c1-2-3-4-7-11(16-15)10-17-13-9-6-5-8-12(13)14/h2,5-6,8-9,11,16H,1,3-4,7,10,15H2. The number of nitrogens with one attached hydrogen (secondary N) is 1. The summed E-state index contributed by atoms with van der Waals surface area (Å²) in [6.07, 6.45) is 5.14. The minimum Gasteiger partial charge on any atom is -0.271 e. The molecule has 1 aromatic rings. The van der Waals surface area contributed by atoms with Crippen LogP contribution in [-0.4, -0.2) is 11.8 Å². The maximum atomic E-state index is 6.09. The lowest BCUT2D eigenvalue weighted by atomic mass is 10.1. The van der Waals surface area contributed by atoms with E-state index in [1.54, 1.807) is 11.8 Å². The summed E-state index contributed by atoms with van der Waals surface area (Å²) >= 11 is 7.83. The fourth-order valence-corrected chi connectivity index (χ4v) is 2.80. The Morgan fingerprint density at radius 2 is 2.24 bits per heavy atom. The Hall–Kier alpha value is -0.480. The van der Waals surface area contributed by atoms with Crippen LogP contribution >= 0.6 is 23.4 Å². The molecule has 0 amide bonds. The van der Waals surface area contributed by atoms with Crippen molar-refractivity contribution in [1.82, 2.24) is 5.43 Å². The number of nitrogens with two attached hydrogens (primary N) is 1. The summed E-state index contributed by atoms with van der Waals surface area (Å²) in [7, 11) is 0. The Morgan fingerprint density at radius 1 is 1.47 bits per heavy atom. The lowest BCUT2D eigenvalue weighted by molar-refractivity contribution is 0.522. The Bertz CT molecular complexity index is 344. The summed E-state index contributed by atoms with van der Waals surface area (Å²) in [4.78, 5) is 1.11. The van der Waals surface area contributed by atoms with Crippen LogP contribution in [0.2, 0.25) is 5.02 Å². The highest BCUT2D eigenvalue weighted by atomic mass is 35.5. The van der Waals surface area contributed by atoms with Crippen molar-refractivity contribution in [1.29, 1.82) is 0 Å². The SMILES string of the molecule is C=CCCCC(CSc1ccccc1Cl)NN. The smallest absolute Gasteiger partial charge is 0.0541 e. The van der Waals surface area contributed by atoms with Gasteiger partial charge in [0.1, 0.15) is 0 Å². The Labute approximate surface area is 113 Å². The molecule has 0 aliphatic carbocycles. The monoisotopic (exact) mass is 270 g/mol. The van der Waals surface area contributed by atoms with E-state index >= 15 is 0 Å². The minimum atomic E-state index is 0.316. The summed E-state index contributed by atoms with van der Waals surface area (Å²) in [6.45, 7) is 3.71. The molecule has 1 unspecified atom stereocenters. The van der Waals surface area contributed by atoms with Gasteiger partial charge in [-0.1, -0.05) is 29.8 Å². The van der Waals surface area contributed by atoms with Gasteiger partial charge >= 0.3 is 0 Å². The zero-order chi connectivity index (χ0) is 12.5. The van der Waals surface area contributed by atoms with Crippen LogP contribution in [0.25, 0.3) is 0 Å². The summed E-state index contributed by atoms with van der Waals surface area (Å²) in [5.41, 5.74) is 2.85. The van der Waals surface area contributed by atoms with Crippen LogP contribution in [0.3, 0.4) is 0 Å². The first kappa shape index (κ1) is 14.6. The third-order valence-corrected chi connectivity index (χ3v) is 4.15. The highest BCUT2D eigenvalue weighted by Gasteiger charge is 2.08. The number of hydrazine groups is 1. The number of allylic oxidation sites excluding steroid dienone is 1. The summed E-state index contributed by atoms with van der Waals surface area (Å²) in [5.74, 6) is 6.46. The number of halogens is 1. The Kier molecular flexibility index (Phi) is 7.37. The first-order valence-electron chi connectivity index (χ1n) is 5.72. The summed E-state index contributed by atoms with van der Waals surface area (Å²) in [6, 6.07) is 8.19. The molecule has 0 spiro atoms. The average molecular weight is 271 g/mol. The van der Waals surface area contributed by atoms with Gasteiger partial charge in [0, 0.05) is 16.7 Å². The van der Waals surface area contributed by atoms with Gasteiger partial charge < -0.3 is 0 Å². The van der Waals surface area contributed by atoms with Crippen LogP contribution in [-0.2, 0) is 0 Å². The van der Waals surface area contributed by atoms with Crippen molar-refractivity contribution >= 4 is 23.4 Å². The zero-order valence-corrected chi connectivity index (χ0v) is 11.4. The molecule has 4 heteroatoms. The van der Waals surface area contributed by atoms with Crippen LogP contribution in [0.1, 0.15) is 19.3 Å². The molecule has 2 nitrogen and oxygen atoms in total. The zero-order valence-electron chi connectivity index (χ0n) is 9.86. The second-order valence-corrected chi connectivity index (χ2v) is 5.29. The number of hydrogen-bond donors (Lipinski definition) is 2. The minimum absolute atomic E-state index is 0.316. The van der Waals surface area contributed by atoms with Crippen molar-refractivity contribution in [3.63, 3.8) is 0 Å². The molecule has 0 bridgehead atoms. The van der Waals surface area contributed by atoms with E-state index in [2.05, 4.69) is 12.0 Å². The highest BCUT2D eigenvalue weighted by molar-refractivity contribution is 7.99. The number of benzene rings is 1. The molecule has 0 heterocycles. The molecule has 0 aromatic heterocycles. The second-order valence-electron chi connectivity index (χ2n) is 3.82. The number of hydrogen-bond acceptors (Lipinski definition) is 3. The van der Waals surface area contributed by atoms with Gasteiger partial charge in [-0.15, -0.1) is 18.3 Å². The van der Waals surface area contributed by atoms with E-state index in [0.717, 1.165) is 34.9 Å². The Morgan fingerprint density at radius 3 is 2.88 bits per heavy atom. The van der Waals surface area contributed by atoms with Crippen LogP contribution in [0, 0.1) is 0 Å². The molecule has 1 aromatic carbocycles. The number of thioether (sulfide) groups is 1. The molecule has 1 rings (SSSR count). The van der Waals surface area contributed by atoms with E-state index in [4.69, 9.17) is 17.4 Å². The van der Waals surface area contributed by atoms with E-state index in [9.17, 15) is 0 Å². The topological polar surface area (TPSA) is 38.0 Å². The lowest BCUT2D eigenvalue weighted by Gasteiger charge is -2.15. The largest absolute Gasteiger partial charge is 0.271 e. The van der Waals surface area contributed by atoms with E-state index in [-0.39, 0.29) is 0 Å². The quantitative estimate of drug-likeness (QED) is 0.249. The summed E-state index contributed by atoms with van der Waals surface area (Å²) in [5, 5.41) is 0.805.